The molecule has 28 heavy (non-hydrogen) atoms. The molecule has 1 aromatic heterocycles. The standard InChI is InChI=1S/C21H19F4N3/c22-16-7-6-13(9-19(16)25)11-28-8-2-3-14(12-28)21-15(10-26-27-21)20-17(23)4-1-5-18(20)24/h1,4-7,9-10,14H,2-3,8,11-12H2,(H,26,27). The van der Waals surface area contributed by atoms with Crippen molar-refractivity contribution in [1.29, 1.82) is 0 Å². The van der Waals surface area contributed by atoms with Gasteiger partial charge in [-0.15, -0.1) is 0 Å². The van der Waals surface area contributed by atoms with E-state index in [0.717, 1.165) is 25.5 Å². The summed E-state index contributed by atoms with van der Waals surface area (Å²) in [4.78, 5) is 2.13. The minimum atomic E-state index is -0.866. The van der Waals surface area contributed by atoms with E-state index in [-0.39, 0.29) is 11.5 Å². The molecule has 0 saturated carbocycles. The van der Waals surface area contributed by atoms with Crippen LogP contribution in [-0.4, -0.2) is 28.2 Å². The summed E-state index contributed by atoms with van der Waals surface area (Å²) in [6.07, 6.45) is 3.18. The summed E-state index contributed by atoms with van der Waals surface area (Å²) >= 11 is 0. The highest BCUT2D eigenvalue weighted by Crippen LogP contribution is 2.35. The molecule has 3 nitrogen and oxygen atoms in total. The minimum absolute atomic E-state index is 0.00977. The first-order valence-corrected chi connectivity index (χ1v) is 9.17. The van der Waals surface area contributed by atoms with Gasteiger partial charge in [-0.3, -0.25) is 10.00 Å². The number of hydrogen-bond donors (Lipinski definition) is 1. The molecule has 3 aromatic rings. The molecule has 146 valence electrons. The van der Waals surface area contributed by atoms with E-state index in [4.69, 9.17) is 0 Å². The van der Waals surface area contributed by atoms with Crippen LogP contribution in [0.1, 0.15) is 30.0 Å². The van der Waals surface area contributed by atoms with Crippen LogP contribution in [0.2, 0.25) is 0 Å². The molecule has 1 aliphatic rings. The van der Waals surface area contributed by atoms with Crippen LogP contribution in [0.3, 0.4) is 0 Å². The van der Waals surface area contributed by atoms with E-state index in [2.05, 4.69) is 15.1 Å². The van der Waals surface area contributed by atoms with E-state index >= 15 is 0 Å². The number of aromatic nitrogens is 2. The van der Waals surface area contributed by atoms with Crippen LogP contribution in [0.5, 0.6) is 0 Å². The Balaban J connectivity index is 1.56. The smallest absolute Gasteiger partial charge is 0.159 e. The summed E-state index contributed by atoms with van der Waals surface area (Å²) in [6.45, 7) is 1.92. The molecule has 0 amide bonds. The first kappa shape index (κ1) is 18.7. The zero-order valence-electron chi connectivity index (χ0n) is 15.1. The van der Waals surface area contributed by atoms with Gasteiger partial charge in [-0.05, 0) is 49.2 Å². The van der Waals surface area contributed by atoms with Gasteiger partial charge in [0.25, 0.3) is 0 Å². The zero-order chi connectivity index (χ0) is 19.7. The Morgan fingerprint density at radius 2 is 1.79 bits per heavy atom. The Morgan fingerprint density at radius 3 is 2.54 bits per heavy atom. The average Bonchev–Trinajstić information content (AvgIpc) is 3.14. The minimum Gasteiger partial charge on any atom is -0.298 e. The SMILES string of the molecule is Fc1ccc(CN2CCCC(c3[nH]ncc3-c3c(F)cccc3F)C2)cc1F. The maximum Gasteiger partial charge on any atom is 0.159 e. The quantitative estimate of drug-likeness (QED) is 0.636. The molecule has 2 aromatic carbocycles. The average molecular weight is 389 g/mol. The van der Waals surface area contributed by atoms with Crippen LogP contribution in [0.15, 0.2) is 42.6 Å². The molecular formula is C21H19F4N3. The number of rotatable bonds is 4. The number of aromatic amines is 1. The maximum absolute atomic E-state index is 14.2. The van der Waals surface area contributed by atoms with Gasteiger partial charge in [0.1, 0.15) is 11.6 Å². The first-order chi connectivity index (χ1) is 13.5. The van der Waals surface area contributed by atoms with Gasteiger partial charge in [0.15, 0.2) is 11.6 Å². The van der Waals surface area contributed by atoms with Gasteiger partial charge in [-0.1, -0.05) is 12.1 Å². The van der Waals surface area contributed by atoms with E-state index in [0.29, 0.717) is 29.9 Å². The molecule has 1 fully saturated rings. The number of hydrogen-bond acceptors (Lipinski definition) is 2. The third-order valence-electron chi connectivity index (χ3n) is 5.20. The normalized spacial score (nSPS) is 17.8. The molecule has 1 aliphatic heterocycles. The summed E-state index contributed by atoms with van der Waals surface area (Å²) < 4.78 is 55.1. The predicted molar refractivity (Wildman–Crippen MR) is 97.5 cm³/mol. The molecular weight excluding hydrogens is 370 g/mol. The molecule has 0 aliphatic carbocycles. The number of nitrogens with zero attached hydrogens (tertiary/aromatic N) is 2. The monoisotopic (exact) mass is 389 g/mol. The summed E-state index contributed by atoms with van der Waals surface area (Å²) in [5, 5.41) is 6.93. The topological polar surface area (TPSA) is 31.9 Å². The second-order valence-corrected chi connectivity index (χ2v) is 7.12. The van der Waals surface area contributed by atoms with Crippen LogP contribution in [0.25, 0.3) is 11.1 Å². The lowest BCUT2D eigenvalue weighted by Gasteiger charge is -2.32. The van der Waals surface area contributed by atoms with Gasteiger partial charge in [-0.2, -0.15) is 5.10 Å². The number of likely N-dealkylation sites (tertiary alicyclic amines) is 1. The Bertz CT molecular complexity index is 965. The number of H-pyrrole nitrogens is 1. The second kappa shape index (κ2) is 7.75. The van der Waals surface area contributed by atoms with Crippen LogP contribution in [0.4, 0.5) is 17.6 Å². The van der Waals surface area contributed by atoms with Crippen molar-refractivity contribution in [2.45, 2.75) is 25.3 Å². The number of benzene rings is 2. The van der Waals surface area contributed by atoms with Crippen molar-refractivity contribution in [3.63, 3.8) is 0 Å². The zero-order valence-corrected chi connectivity index (χ0v) is 15.1. The molecule has 0 radical (unpaired) electrons. The molecule has 0 spiro atoms. The molecule has 1 unspecified atom stereocenters. The fourth-order valence-electron chi connectivity index (χ4n) is 3.89. The second-order valence-electron chi connectivity index (χ2n) is 7.12. The predicted octanol–water partition coefficient (Wildman–Crippen LogP) is 5.01. The van der Waals surface area contributed by atoms with E-state index < -0.39 is 23.3 Å². The lowest BCUT2D eigenvalue weighted by atomic mass is 9.90. The largest absolute Gasteiger partial charge is 0.298 e. The van der Waals surface area contributed by atoms with Gasteiger partial charge >= 0.3 is 0 Å². The summed E-state index contributed by atoms with van der Waals surface area (Å²) in [5.41, 5.74) is 1.72. The molecule has 4 rings (SSSR count). The van der Waals surface area contributed by atoms with Crippen molar-refractivity contribution < 1.29 is 17.6 Å². The highest BCUT2D eigenvalue weighted by atomic mass is 19.2. The number of halogens is 4. The first-order valence-electron chi connectivity index (χ1n) is 9.17. The van der Waals surface area contributed by atoms with Gasteiger partial charge < -0.3 is 0 Å². The Labute approximate surface area is 160 Å². The molecule has 2 heterocycles. The Hall–Kier alpha value is -2.67. The lowest BCUT2D eigenvalue weighted by Crippen LogP contribution is -2.34. The summed E-state index contributed by atoms with van der Waals surface area (Å²) in [5.74, 6) is -2.98. The highest BCUT2D eigenvalue weighted by molar-refractivity contribution is 5.67. The van der Waals surface area contributed by atoms with E-state index in [1.165, 1.54) is 30.5 Å². The van der Waals surface area contributed by atoms with Crippen molar-refractivity contribution in [3.05, 3.63) is 77.1 Å². The van der Waals surface area contributed by atoms with Gasteiger partial charge in [0.2, 0.25) is 0 Å². The molecule has 0 bridgehead atoms. The molecule has 1 saturated heterocycles. The van der Waals surface area contributed by atoms with Crippen molar-refractivity contribution in [1.82, 2.24) is 15.1 Å². The third-order valence-corrected chi connectivity index (χ3v) is 5.20. The molecule has 1 N–H and O–H groups in total. The fraction of sp³-hybridized carbons (Fsp3) is 0.286. The third kappa shape index (κ3) is 3.67. The van der Waals surface area contributed by atoms with Gasteiger partial charge in [0.05, 0.1) is 11.8 Å². The summed E-state index contributed by atoms with van der Waals surface area (Å²) in [6, 6.07) is 7.68. The number of piperidine rings is 1. The fourth-order valence-corrected chi connectivity index (χ4v) is 3.89. The van der Waals surface area contributed by atoms with Crippen molar-refractivity contribution >= 4 is 0 Å². The summed E-state index contributed by atoms with van der Waals surface area (Å²) in [7, 11) is 0. The van der Waals surface area contributed by atoms with Crippen molar-refractivity contribution in [3.8, 4) is 11.1 Å². The molecule has 7 heteroatoms. The van der Waals surface area contributed by atoms with E-state index in [9.17, 15) is 17.6 Å². The van der Waals surface area contributed by atoms with Crippen LogP contribution >= 0.6 is 0 Å². The van der Waals surface area contributed by atoms with Crippen LogP contribution < -0.4 is 0 Å². The van der Waals surface area contributed by atoms with Crippen LogP contribution in [-0.2, 0) is 6.54 Å². The van der Waals surface area contributed by atoms with Crippen LogP contribution in [0, 0.1) is 23.3 Å². The number of nitrogens with one attached hydrogen (secondary N) is 1. The van der Waals surface area contributed by atoms with Gasteiger partial charge in [-0.25, -0.2) is 17.6 Å². The Morgan fingerprint density at radius 1 is 1.00 bits per heavy atom. The van der Waals surface area contributed by atoms with E-state index in [1.54, 1.807) is 6.07 Å². The maximum atomic E-state index is 14.2. The lowest BCUT2D eigenvalue weighted by molar-refractivity contribution is 0.198. The highest BCUT2D eigenvalue weighted by Gasteiger charge is 2.27. The molecule has 1 atom stereocenters. The van der Waals surface area contributed by atoms with Gasteiger partial charge in [0, 0.05) is 30.3 Å². The van der Waals surface area contributed by atoms with Crippen molar-refractivity contribution in [2.75, 3.05) is 13.1 Å². The van der Waals surface area contributed by atoms with E-state index in [1.807, 2.05) is 0 Å². The van der Waals surface area contributed by atoms with Crippen molar-refractivity contribution in [2.24, 2.45) is 0 Å². The Kier molecular flexibility index (Phi) is 5.17.